The van der Waals surface area contributed by atoms with Gasteiger partial charge in [0.2, 0.25) is 0 Å². The molecule has 2 rings (SSSR count). The third kappa shape index (κ3) is 6.30. The lowest BCUT2D eigenvalue weighted by atomic mass is 9.95. The standard InChI is InChI=1S/C18H35N3O2/c1-2-10-21-11-8-15(9-12-21)13-19-18(23)20-17-7-5-3-4-6-16(17)14-22/h15-17,22H,2-14H2,1H3,(H2,19,20,23). The first-order valence-corrected chi connectivity index (χ1v) is 9.60. The molecular weight excluding hydrogens is 290 g/mol. The van der Waals surface area contributed by atoms with Crippen molar-refractivity contribution in [1.82, 2.24) is 15.5 Å². The number of urea groups is 1. The third-order valence-electron chi connectivity index (χ3n) is 5.51. The summed E-state index contributed by atoms with van der Waals surface area (Å²) < 4.78 is 0. The first-order valence-electron chi connectivity index (χ1n) is 9.60. The Morgan fingerprint density at radius 1 is 1.13 bits per heavy atom. The average molecular weight is 325 g/mol. The van der Waals surface area contributed by atoms with Gasteiger partial charge in [-0.25, -0.2) is 4.79 Å². The minimum atomic E-state index is -0.0497. The SMILES string of the molecule is CCCN1CCC(CNC(=O)NC2CCCCCC2CO)CC1. The normalized spacial score (nSPS) is 27.4. The molecule has 0 bridgehead atoms. The summed E-state index contributed by atoms with van der Waals surface area (Å²) >= 11 is 0. The summed E-state index contributed by atoms with van der Waals surface area (Å²) in [7, 11) is 0. The maximum Gasteiger partial charge on any atom is 0.315 e. The molecule has 1 heterocycles. The van der Waals surface area contributed by atoms with Crippen molar-refractivity contribution in [3.05, 3.63) is 0 Å². The van der Waals surface area contributed by atoms with Gasteiger partial charge in [0, 0.05) is 25.1 Å². The fourth-order valence-corrected chi connectivity index (χ4v) is 3.98. The number of likely N-dealkylation sites (tertiary alicyclic amines) is 1. The number of carbonyl (C=O) groups excluding carboxylic acids is 1. The van der Waals surface area contributed by atoms with Crippen molar-refractivity contribution in [2.45, 2.75) is 64.3 Å². The summed E-state index contributed by atoms with van der Waals surface area (Å²) in [4.78, 5) is 14.7. The lowest BCUT2D eigenvalue weighted by molar-refractivity contribution is 0.172. The number of hydrogen-bond donors (Lipinski definition) is 3. The number of nitrogens with one attached hydrogen (secondary N) is 2. The number of amides is 2. The number of piperidine rings is 1. The first kappa shape index (κ1) is 18.5. The lowest BCUT2D eigenvalue weighted by Gasteiger charge is -2.32. The molecule has 5 nitrogen and oxygen atoms in total. The molecule has 2 amide bonds. The number of rotatable bonds is 6. The summed E-state index contributed by atoms with van der Waals surface area (Å²) in [6.45, 7) is 6.72. The van der Waals surface area contributed by atoms with Gasteiger partial charge < -0.3 is 20.6 Å². The summed E-state index contributed by atoms with van der Waals surface area (Å²) in [5.41, 5.74) is 0. The van der Waals surface area contributed by atoms with Crippen molar-refractivity contribution in [3.63, 3.8) is 0 Å². The van der Waals surface area contributed by atoms with Crippen LogP contribution in [0.15, 0.2) is 0 Å². The van der Waals surface area contributed by atoms with Crippen LogP contribution in [0.3, 0.4) is 0 Å². The molecule has 2 atom stereocenters. The van der Waals surface area contributed by atoms with E-state index in [4.69, 9.17) is 0 Å². The summed E-state index contributed by atoms with van der Waals surface area (Å²) in [5.74, 6) is 0.831. The van der Waals surface area contributed by atoms with Crippen LogP contribution in [0.1, 0.15) is 58.3 Å². The molecule has 2 aliphatic rings. The van der Waals surface area contributed by atoms with Gasteiger partial charge in [-0.05, 0) is 57.7 Å². The minimum Gasteiger partial charge on any atom is -0.396 e. The summed E-state index contributed by atoms with van der Waals surface area (Å²) in [5, 5.41) is 15.7. The van der Waals surface area contributed by atoms with Crippen molar-refractivity contribution in [2.75, 3.05) is 32.8 Å². The molecule has 5 heteroatoms. The Morgan fingerprint density at radius 2 is 1.87 bits per heavy atom. The molecule has 1 aliphatic carbocycles. The number of nitrogens with zero attached hydrogens (tertiary/aromatic N) is 1. The first-order chi connectivity index (χ1) is 11.2. The molecule has 2 fully saturated rings. The van der Waals surface area contributed by atoms with Crippen LogP contribution >= 0.6 is 0 Å². The van der Waals surface area contributed by atoms with Gasteiger partial charge in [-0.3, -0.25) is 0 Å². The second-order valence-corrected chi connectivity index (χ2v) is 7.33. The van der Waals surface area contributed by atoms with Crippen LogP contribution in [0.5, 0.6) is 0 Å². The van der Waals surface area contributed by atoms with Crippen LogP contribution in [0, 0.1) is 11.8 Å². The Kier molecular flexibility index (Phi) is 8.17. The van der Waals surface area contributed by atoms with Gasteiger partial charge in [-0.15, -0.1) is 0 Å². The number of aliphatic hydroxyl groups excluding tert-OH is 1. The predicted octanol–water partition coefficient (Wildman–Crippen LogP) is 2.35. The molecule has 23 heavy (non-hydrogen) atoms. The second-order valence-electron chi connectivity index (χ2n) is 7.33. The number of carbonyl (C=O) groups is 1. The monoisotopic (exact) mass is 325 g/mol. The van der Waals surface area contributed by atoms with Crippen molar-refractivity contribution < 1.29 is 9.90 Å². The average Bonchev–Trinajstić information content (AvgIpc) is 2.79. The topological polar surface area (TPSA) is 64.6 Å². The van der Waals surface area contributed by atoms with Gasteiger partial charge in [-0.1, -0.05) is 26.2 Å². The third-order valence-corrected chi connectivity index (χ3v) is 5.51. The van der Waals surface area contributed by atoms with E-state index in [1.54, 1.807) is 0 Å². The highest BCUT2D eigenvalue weighted by atomic mass is 16.3. The highest BCUT2D eigenvalue weighted by Gasteiger charge is 2.25. The van der Waals surface area contributed by atoms with Gasteiger partial charge in [0.25, 0.3) is 0 Å². The van der Waals surface area contributed by atoms with Gasteiger partial charge in [-0.2, -0.15) is 0 Å². The van der Waals surface area contributed by atoms with E-state index in [1.807, 2.05) is 0 Å². The van der Waals surface area contributed by atoms with E-state index in [-0.39, 0.29) is 24.6 Å². The van der Waals surface area contributed by atoms with Crippen molar-refractivity contribution >= 4 is 6.03 Å². The van der Waals surface area contributed by atoms with Crippen LogP contribution in [-0.4, -0.2) is 54.9 Å². The van der Waals surface area contributed by atoms with E-state index < -0.39 is 0 Å². The molecule has 0 spiro atoms. The Morgan fingerprint density at radius 3 is 2.57 bits per heavy atom. The van der Waals surface area contributed by atoms with Crippen molar-refractivity contribution in [2.24, 2.45) is 11.8 Å². The smallest absolute Gasteiger partial charge is 0.315 e. The van der Waals surface area contributed by atoms with E-state index in [9.17, 15) is 9.90 Å². The number of aliphatic hydroxyl groups is 1. The molecular formula is C18H35N3O2. The maximum absolute atomic E-state index is 12.2. The predicted molar refractivity (Wildman–Crippen MR) is 93.4 cm³/mol. The molecule has 1 saturated heterocycles. The van der Waals surface area contributed by atoms with Crippen molar-refractivity contribution in [1.29, 1.82) is 0 Å². The van der Waals surface area contributed by atoms with Gasteiger partial charge in [0.05, 0.1) is 0 Å². The highest BCUT2D eigenvalue weighted by Crippen LogP contribution is 2.23. The summed E-state index contributed by atoms with van der Waals surface area (Å²) in [6.07, 6.45) is 9.14. The van der Waals surface area contributed by atoms with Crippen molar-refractivity contribution in [3.8, 4) is 0 Å². The van der Waals surface area contributed by atoms with Crippen LogP contribution < -0.4 is 10.6 Å². The van der Waals surface area contributed by atoms with E-state index in [0.29, 0.717) is 5.92 Å². The lowest BCUT2D eigenvalue weighted by Crippen LogP contribution is -2.48. The fourth-order valence-electron chi connectivity index (χ4n) is 3.98. The Bertz CT molecular complexity index is 343. The van der Waals surface area contributed by atoms with Gasteiger partial charge in [0.1, 0.15) is 0 Å². The molecule has 1 saturated carbocycles. The molecule has 0 aromatic heterocycles. The number of hydrogen-bond acceptors (Lipinski definition) is 3. The van der Waals surface area contributed by atoms with Crippen LogP contribution in [-0.2, 0) is 0 Å². The van der Waals surface area contributed by atoms with Crippen LogP contribution in [0.2, 0.25) is 0 Å². The Hall–Kier alpha value is -0.810. The van der Waals surface area contributed by atoms with E-state index in [0.717, 1.165) is 38.9 Å². The Labute approximate surface area is 141 Å². The highest BCUT2D eigenvalue weighted by molar-refractivity contribution is 5.74. The van der Waals surface area contributed by atoms with Gasteiger partial charge >= 0.3 is 6.03 Å². The zero-order valence-electron chi connectivity index (χ0n) is 14.7. The maximum atomic E-state index is 12.2. The minimum absolute atomic E-state index is 0.0497. The largest absolute Gasteiger partial charge is 0.396 e. The fraction of sp³-hybridized carbons (Fsp3) is 0.944. The Balaban J connectivity index is 1.66. The second kappa shape index (κ2) is 10.1. The molecule has 2 unspecified atom stereocenters. The zero-order valence-corrected chi connectivity index (χ0v) is 14.7. The molecule has 0 aromatic carbocycles. The van der Waals surface area contributed by atoms with Crippen LogP contribution in [0.4, 0.5) is 4.79 Å². The van der Waals surface area contributed by atoms with Crippen LogP contribution in [0.25, 0.3) is 0 Å². The molecule has 134 valence electrons. The molecule has 0 aromatic rings. The molecule has 3 N–H and O–H groups in total. The quantitative estimate of drug-likeness (QED) is 0.657. The molecule has 0 radical (unpaired) electrons. The zero-order chi connectivity index (χ0) is 16.5. The van der Waals surface area contributed by atoms with E-state index in [1.165, 1.54) is 38.6 Å². The van der Waals surface area contributed by atoms with E-state index >= 15 is 0 Å². The van der Waals surface area contributed by atoms with E-state index in [2.05, 4.69) is 22.5 Å². The molecule has 1 aliphatic heterocycles. The van der Waals surface area contributed by atoms with Gasteiger partial charge in [0.15, 0.2) is 0 Å². The summed E-state index contributed by atoms with van der Waals surface area (Å²) in [6, 6.07) is 0.0836.